The van der Waals surface area contributed by atoms with E-state index in [9.17, 15) is 87.9 Å². The largest absolute Gasteiger partial charge is 0.480 e. The summed E-state index contributed by atoms with van der Waals surface area (Å²) in [5, 5.41) is 72.7. The van der Waals surface area contributed by atoms with Gasteiger partial charge in [0.1, 0.15) is 66.5 Å². The predicted molar refractivity (Wildman–Crippen MR) is 294 cm³/mol. The van der Waals surface area contributed by atoms with Crippen molar-refractivity contribution < 1.29 is 87.9 Å². The molecule has 18 N–H and O–H groups in total. The number of aliphatic hydroxyl groups is 4. The number of nitrogens with two attached hydrogens (primary N) is 2. The van der Waals surface area contributed by atoms with Gasteiger partial charge in [0.05, 0.1) is 31.5 Å². The molecule has 83 heavy (non-hydrogen) atoms. The lowest BCUT2D eigenvalue weighted by Crippen LogP contribution is -2.63. The Morgan fingerprint density at radius 1 is 0.518 bits per heavy atom. The number of carboxylic acid groups (broad SMARTS) is 1. The first-order valence-electron chi connectivity index (χ1n) is 27.9. The number of nitrogens with one attached hydrogen (secondary N) is 9. The highest BCUT2D eigenvalue weighted by Crippen LogP contribution is 2.22. The van der Waals surface area contributed by atoms with Crippen LogP contribution in [0.5, 0.6) is 0 Å². The number of likely N-dealkylation sites (tertiary alicyclic amines) is 2. The number of aliphatic carboxylic acids is 1. The SMILES string of the molecule is CC[C@H](C)[C@H](NC(=O)[C@H](CCC(N)=O)NC(=O)[C@H](CO)NC(=O)[C@H](C)NC(=O)[C@H](CC(C)C)NC(=O)[C@@H](N)C(C)C)C(=O)N[C@@H](C)C(=O)N[C@H](C(=O)N[C@H](C(=O)N1CCC[C@H]1C(=O)N[C@@H](CO)C(=O)N1CCC[C@H]1C(=O)O)[C@@H](C)O)[C@@H](C)O. The van der Waals surface area contributed by atoms with Crippen molar-refractivity contribution in [2.45, 2.75) is 205 Å². The Kier molecular flexibility index (Phi) is 29.4. The summed E-state index contributed by atoms with van der Waals surface area (Å²) in [6.07, 6.45) is -2.92. The summed E-state index contributed by atoms with van der Waals surface area (Å²) in [4.78, 5) is 174. The van der Waals surface area contributed by atoms with Crippen LogP contribution in [-0.2, 0) is 62.3 Å². The molecule has 2 heterocycles. The molecule has 470 valence electrons. The van der Waals surface area contributed by atoms with Gasteiger partial charge in [-0.2, -0.15) is 0 Å². The Bertz CT molecular complexity index is 2320. The number of primary amides is 1. The van der Waals surface area contributed by atoms with Gasteiger partial charge in [-0.3, -0.25) is 57.5 Å². The molecule has 0 bridgehead atoms. The summed E-state index contributed by atoms with van der Waals surface area (Å²) in [5.41, 5.74) is 11.3. The maximum Gasteiger partial charge on any atom is 0.326 e. The quantitative estimate of drug-likeness (QED) is 0.0291. The fraction of sp³-hybridized carbons (Fsp3) is 0.750. The van der Waals surface area contributed by atoms with Gasteiger partial charge in [0.2, 0.25) is 70.9 Å². The van der Waals surface area contributed by atoms with Gasteiger partial charge >= 0.3 is 5.97 Å². The van der Waals surface area contributed by atoms with Crippen molar-refractivity contribution in [1.82, 2.24) is 57.7 Å². The average Bonchev–Trinajstić information content (AvgIpc) is 4.24. The van der Waals surface area contributed by atoms with Crippen LogP contribution >= 0.6 is 0 Å². The van der Waals surface area contributed by atoms with E-state index in [2.05, 4.69) is 47.9 Å². The molecule has 31 heteroatoms. The zero-order valence-electron chi connectivity index (χ0n) is 48.9. The predicted octanol–water partition coefficient (Wildman–Crippen LogP) is -6.46. The number of nitrogens with zero attached hydrogens (tertiary/aromatic N) is 2. The molecule has 0 saturated carbocycles. The standard InChI is InChI=1S/C52H89N13O18/c1-11-25(6)38(61-43(73)30(16-17-36(53)70)57-45(75)32(21-66)59-41(71)26(7)55-44(74)31(20-23(2)3)58-47(77)37(54)24(4)5)48(78)56-27(8)42(72)62-39(28(9)68)49(79)63-40(29(10)69)51(81)64-18-12-14-34(64)46(76)60-33(22-67)50(80)65-19-13-15-35(65)52(82)83/h23-35,37-40,66-69H,11-22,54H2,1-10H3,(H2,53,70)(H,55,74)(H,56,78)(H,57,75)(H,58,77)(H,59,71)(H,60,76)(H,61,73)(H,62,72)(H,63,79)(H,82,83)/t25-,26-,27-,28+,29+,30-,31-,32-,33-,34-,35-,37-,38-,39-,40-/m0/s1. The first-order chi connectivity index (χ1) is 38.7. The van der Waals surface area contributed by atoms with Crippen molar-refractivity contribution in [1.29, 1.82) is 0 Å². The molecule has 2 saturated heterocycles. The second-order valence-electron chi connectivity index (χ2n) is 22.0. The van der Waals surface area contributed by atoms with Crippen molar-refractivity contribution in [2.75, 3.05) is 26.3 Å². The molecule has 2 rings (SSSR count). The van der Waals surface area contributed by atoms with Crippen molar-refractivity contribution in [3.05, 3.63) is 0 Å². The lowest BCUT2D eigenvalue weighted by Gasteiger charge is -2.32. The van der Waals surface area contributed by atoms with E-state index in [1.165, 1.54) is 13.8 Å². The first kappa shape index (κ1) is 72.0. The minimum Gasteiger partial charge on any atom is -0.480 e. The lowest BCUT2D eigenvalue weighted by atomic mass is 9.97. The van der Waals surface area contributed by atoms with Gasteiger partial charge in [-0.25, -0.2) is 4.79 Å². The zero-order chi connectivity index (χ0) is 63.3. The van der Waals surface area contributed by atoms with Crippen molar-refractivity contribution in [3.63, 3.8) is 0 Å². The molecule has 2 aliphatic heterocycles. The van der Waals surface area contributed by atoms with Crippen LogP contribution in [0.3, 0.4) is 0 Å². The van der Waals surface area contributed by atoms with E-state index < -0.39 is 194 Å². The fourth-order valence-corrected chi connectivity index (χ4v) is 9.03. The normalized spacial score (nSPS) is 19.8. The molecule has 15 atom stereocenters. The number of aliphatic hydroxyl groups excluding tert-OH is 4. The third kappa shape index (κ3) is 21.6. The minimum absolute atomic E-state index is 0.0532. The second-order valence-corrected chi connectivity index (χ2v) is 22.0. The van der Waals surface area contributed by atoms with Gasteiger partial charge in [-0.15, -0.1) is 0 Å². The van der Waals surface area contributed by atoms with Crippen LogP contribution in [0.2, 0.25) is 0 Å². The number of carbonyl (C=O) groups excluding carboxylic acids is 12. The van der Waals surface area contributed by atoms with Gasteiger partial charge in [0, 0.05) is 19.5 Å². The number of amides is 12. The summed E-state index contributed by atoms with van der Waals surface area (Å²) in [6, 6.07) is -17.2. The molecule has 0 unspecified atom stereocenters. The van der Waals surface area contributed by atoms with E-state index in [1.807, 2.05) is 13.8 Å². The van der Waals surface area contributed by atoms with Gasteiger partial charge in [0.15, 0.2) is 0 Å². The lowest BCUT2D eigenvalue weighted by molar-refractivity contribution is -0.150. The smallest absolute Gasteiger partial charge is 0.326 e. The molecule has 0 spiro atoms. The summed E-state index contributed by atoms with van der Waals surface area (Å²) in [5.74, 6) is -13.5. The van der Waals surface area contributed by atoms with E-state index in [1.54, 1.807) is 27.7 Å². The Morgan fingerprint density at radius 3 is 1.46 bits per heavy atom. The van der Waals surface area contributed by atoms with E-state index >= 15 is 0 Å². The average molecular weight is 1180 g/mol. The molecular formula is C52H89N13O18. The second kappa shape index (κ2) is 33.9. The van der Waals surface area contributed by atoms with Gasteiger partial charge in [-0.1, -0.05) is 48.0 Å². The maximum absolute atomic E-state index is 14.0. The molecule has 0 aromatic rings. The monoisotopic (exact) mass is 1180 g/mol. The fourth-order valence-electron chi connectivity index (χ4n) is 9.03. The number of carboxylic acids is 1. The molecule has 0 aliphatic carbocycles. The summed E-state index contributed by atoms with van der Waals surface area (Å²) in [6.45, 7) is 13.2. The van der Waals surface area contributed by atoms with Crippen LogP contribution in [-0.4, -0.2) is 223 Å². The molecule has 2 fully saturated rings. The van der Waals surface area contributed by atoms with Gasteiger partial charge < -0.3 is 94.7 Å². The summed E-state index contributed by atoms with van der Waals surface area (Å²) < 4.78 is 0. The topological polar surface area (TPSA) is 490 Å². The Morgan fingerprint density at radius 2 is 0.964 bits per heavy atom. The molecule has 31 nitrogen and oxygen atoms in total. The number of rotatable bonds is 33. The maximum atomic E-state index is 14.0. The third-order valence-electron chi connectivity index (χ3n) is 14.4. The zero-order valence-corrected chi connectivity index (χ0v) is 48.9. The Labute approximate surface area is 482 Å². The van der Waals surface area contributed by atoms with E-state index in [0.717, 1.165) is 23.6 Å². The Hall–Kier alpha value is -7.09. The molecule has 0 aromatic heterocycles. The van der Waals surface area contributed by atoms with Crippen LogP contribution in [0.4, 0.5) is 0 Å². The van der Waals surface area contributed by atoms with Crippen LogP contribution in [0.1, 0.15) is 121 Å². The van der Waals surface area contributed by atoms with Crippen LogP contribution in [0.25, 0.3) is 0 Å². The number of hydrogen-bond acceptors (Lipinski definition) is 18. The number of carbonyl (C=O) groups is 13. The molecule has 0 radical (unpaired) electrons. The van der Waals surface area contributed by atoms with E-state index in [-0.39, 0.29) is 57.0 Å². The summed E-state index contributed by atoms with van der Waals surface area (Å²) >= 11 is 0. The molecule has 12 amide bonds. The first-order valence-corrected chi connectivity index (χ1v) is 27.9. The van der Waals surface area contributed by atoms with Crippen molar-refractivity contribution >= 4 is 76.9 Å². The highest BCUT2D eigenvalue weighted by molar-refractivity contribution is 6.00. The van der Waals surface area contributed by atoms with Crippen LogP contribution < -0.4 is 59.3 Å². The Balaban J connectivity index is 2.20. The molecule has 0 aromatic carbocycles. The minimum atomic E-state index is -1.84. The number of hydrogen-bond donors (Lipinski definition) is 16. The highest BCUT2D eigenvalue weighted by atomic mass is 16.4. The van der Waals surface area contributed by atoms with Gasteiger partial charge in [0.25, 0.3) is 0 Å². The summed E-state index contributed by atoms with van der Waals surface area (Å²) in [7, 11) is 0. The van der Waals surface area contributed by atoms with Crippen molar-refractivity contribution in [3.8, 4) is 0 Å². The van der Waals surface area contributed by atoms with Crippen LogP contribution in [0, 0.1) is 17.8 Å². The molecule has 2 aliphatic rings. The van der Waals surface area contributed by atoms with E-state index in [0.29, 0.717) is 6.42 Å². The van der Waals surface area contributed by atoms with E-state index in [4.69, 9.17) is 11.5 Å². The highest BCUT2D eigenvalue weighted by Gasteiger charge is 2.44. The van der Waals surface area contributed by atoms with Crippen molar-refractivity contribution in [2.24, 2.45) is 29.2 Å². The molecular weight excluding hydrogens is 1090 g/mol. The third-order valence-corrected chi connectivity index (χ3v) is 14.4. The van der Waals surface area contributed by atoms with Gasteiger partial charge in [-0.05, 0) is 84.0 Å². The van der Waals surface area contributed by atoms with Crippen LogP contribution in [0.15, 0.2) is 0 Å².